The summed E-state index contributed by atoms with van der Waals surface area (Å²) in [5, 5.41) is 23.1. The van der Waals surface area contributed by atoms with E-state index in [0.717, 1.165) is 12.8 Å². The predicted octanol–water partition coefficient (Wildman–Crippen LogP) is 3.87. The molecular formula is C16H19N3O2. The summed E-state index contributed by atoms with van der Waals surface area (Å²) in [4.78, 5) is 10.6. The van der Waals surface area contributed by atoms with Crippen LogP contribution in [0.25, 0.3) is 0 Å². The molecule has 0 amide bonds. The van der Waals surface area contributed by atoms with Gasteiger partial charge in [-0.05, 0) is 43.7 Å². The summed E-state index contributed by atoms with van der Waals surface area (Å²) in [6.45, 7) is 5.04. The van der Waals surface area contributed by atoms with E-state index in [2.05, 4.69) is 25.2 Å². The molecule has 2 rings (SSSR count). The predicted molar refractivity (Wildman–Crippen MR) is 81.9 cm³/mol. The lowest BCUT2D eigenvalue weighted by Gasteiger charge is -2.25. The van der Waals surface area contributed by atoms with E-state index in [-0.39, 0.29) is 5.69 Å². The van der Waals surface area contributed by atoms with Crippen molar-refractivity contribution in [3.63, 3.8) is 0 Å². The highest BCUT2D eigenvalue weighted by molar-refractivity contribution is 5.64. The van der Waals surface area contributed by atoms with Crippen molar-refractivity contribution >= 4 is 11.4 Å². The van der Waals surface area contributed by atoms with Gasteiger partial charge in [-0.25, -0.2) is 0 Å². The van der Waals surface area contributed by atoms with Gasteiger partial charge < -0.3 is 5.32 Å². The quantitative estimate of drug-likeness (QED) is 0.517. The standard InChI is InChI=1S/C16H19N3O2/c1-11-5-12(2)7-14(6-11)10-18-15-4-3-13(9-17)8-16(15)19(20)21/h3-5,8,11,14,18H,6-7,10H2,1-2H3. The fourth-order valence-corrected chi connectivity index (χ4v) is 3.00. The zero-order valence-electron chi connectivity index (χ0n) is 12.3. The molecule has 21 heavy (non-hydrogen) atoms. The third-order valence-electron chi connectivity index (χ3n) is 3.79. The molecule has 1 aromatic rings. The Hall–Kier alpha value is -2.35. The molecule has 0 saturated carbocycles. The normalized spacial score (nSPS) is 21.3. The third-order valence-corrected chi connectivity index (χ3v) is 3.79. The number of nitriles is 1. The molecular weight excluding hydrogens is 266 g/mol. The van der Waals surface area contributed by atoms with E-state index in [9.17, 15) is 10.1 Å². The average Bonchev–Trinajstić information content (AvgIpc) is 2.43. The molecule has 110 valence electrons. The third kappa shape index (κ3) is 3.82. The zero-order chi connectivity index (χ0) is 15.4. The second-order valence-corrected chi connectivity index (χ2v) is 5.78. The summed E-state index contributed by atoms with van der Waals surface area (Å²) in [5.41, 5.74) is 2.14. The second-order valence-electron chi connectivity index (χ2n) is 5.78. The van der Waals surface area contributed by atoms with E-state index in [1.165, 1.54) is 11.6 Å². The van der Waals surface area contributed by atoms with Crippen molar-refractivity contribution in [2.45, 2.75) is 26.7 Å². The van der Waals surface area contributed by atoms with Crippen LogP contribution in [0, 0.1) is 33.3 Å². The van der Waals surface area contributed by atoms with E-state index in [4.69, 9.17) is 5.26 Å². The molecule has 1 aromatic carbocycles. The molecule has 0 spiro atoms. The van der Waals surface area contributed by atoms with Gasteiger partial charge in [0.25, 0.3) is 5.69 Å². The van der Waals surface area contributed by atoms with Crippen LogP contribution in [0.2, 0.25) is 0 Å². The Balaban J connectivity index is 2.08. The van der Waals surface area contributed by atoms with E-state index < -0.39 is 4.92 Å². The number of hydrogen-bond acceptors (Lipinski definition) is 4. The molecule has 5 nitrogen and oxygen atoms in total. The maximum atomic E-state index is 11.1. The summed E-state index contributed by atoms with van der Waals surface area (Å²) in [5.74, 6) is 1.04. The van der Waals surface area contributed by atoms with Crippen molar-refractivity contribution in [2.75, 3.05) is 11.9 Å². The first-order chi connectivity index (χ1) is 9.99. The summed E-state index contributed by atoms with van der Waals surface area (Å²) in [6, 6.07) is 6.46. The fourth-order valence-electron chi connectivity index (χ4n) is 3.00. The molecule has 0 bridgehead atoms. The molecule has 2 atom stereocenters. The number of rotatable bonds is 4. The highest BCUT2D eigenvalue weighted by Gasteiger charge is 2.20. The zero-order valence-corrected chi connectivity index (χ0v) is 12.3. The Morgan fingerprint density at radius 1 is 1.52 bits per heavy atom. The van der Waals surface area contributed by atoms with Crippen molar-refractivity contribution in [1.82, 2.24) is 0 Å². The second kappa shape index (κ2) is 6.40. The summed E-state index contributed by atoms with van der Waals surface area (Å²) in [7, 11) is 0. The van der Waals surface area contributed by atoms with Gasteiger partial charge in [0.15, 0.2) is 0 Å². The number of nitro groups is 1. The van der Waals surface area contributed by atoms with Gasteiger partial charge in [-0.3, -0.25) is 10.1 Å². The number of hydrogen-bond donors (Lipinski definition) is 1. The maximum Gasteiger partial charge on any atom is 0.293 e. The first kappa shape index (κ1) is 15.0. The lowest BCUT2D eigenvalue weighted by atomic mass is 9.83. The molecule has 1 aliphatic rings. The molecule has 0 fully saturated rings. The Kier molecular flexibility index (Phi) is 4.59. The molecule has 1 N–H and O–H groups in total. The van der Waals surface area contributed by atoms with Gasteiger partial charge in [0.2, 0.25) is 0 Å². The molecule has 5 heteroatoms. The number of nitro benzene ring substituents is 1. The molecule has 2 unspecified atom stereocenters. The van der Waals surface area contributed by atoms with Gasteiger partial charge in [-0.1, -0.05) is 18.6 Å². The minimum Gasteiger partial charge on any atom is -0.379 e. The average molecular weight is 285 g/mol. The minimum absolute atomic E-state index is 0.0369. The van der Waals surface area contributed by atoms with Gasteiger partial charge in [0, 0.05) is 12.6 Å². The highest BCUT2D eigenvalue weighted by atomic mass is 16.6. The number of benzene rings is 1. The molecule has 0 aromatic heterocycles. The minimum atomic E-state index is -0.447. The number of anilines is 1. The van der Waals surface area contributed by atoms with Crippen LogP contribution < -0.4 is 5.32 Å². The van der Waals surface area contributed by atoms with Crippen molar-refractivity contribution < 1.29 is 4.92 Å². The number of nitrogens with zero attached hydrogens (tertiary/aromatic N) is 2. The van der Waals surface area contributed by atoms with Gasteiger partial charge in [-0.15, -0.1) is 0 Å². The Morgan fingerprint density at radius 2 is 2.29 bits per heavy atom. The molecule has 0 aliphatic heterocycles. The van der Waals surface area contributed by atoms with E-state index >= 15 is 0 Å². The fraction of sp³-hybridized carbons (Fsp3) is 0.438. The monoisotopic (exact) mass is 285 g/mol. The van der Waals surface area contributed by atoms with Crippen LogP contribution in [0.5, 0.6) is 0 Å². The Morgan fingerprint density at radius 3 is 2.90 bits per heavy atom. The van der Waals surface area contributed by atoms with Gasteiger partial charge in [0.05, 0.1) is 16.6 Å². The van der Waals surface area contributed by atoms with E-state index in [1.807, 2.05) is 6.07 Å². The smallest absolute Gasteiger partial charge is 0.293 e. The summed E-state index contributed by atoms with van der Waals surface area (Å²) < 4.78 is 0. The number of allylic oxidation sites excluding steroid dienone is 2. The molecule has 0 radical (unpaired) electrons. The van der Waals surface area contributed by atoms with E-state index in [0.29, 0.717) is 29.6 Å². The number of nitrogens with one attached hydrogen (secondary N) is 1. The molecule has 1 aliphatic carbocycles. The maximum absolute atomic E-state index is 11.1. The SMILES string of the molecule is CC1=CC(C)CC(CNc2ccc(C#N)cc2[N+](=O)[O-])C1. The van der Waals surface area contributed by atoms with Crippen molar-refractivity contribution in [1.29, 1.82) is 5.26 Å². The Bertz CT molecular complexity index is 616. The lowest BCUT2D eigenvalue weighted by Crippen LogP contribution is -2.20. The highest BCUT2D eigenvalue weighted by Crippen LogP contribution is 2.30. The van der Waals surface area contributed by atoms with Crippen molar-refractivity contribution in [3.05, 3.63) is 45.5 Å². The van der Waals surface area contributed by atoms with E-state index in [1.54, 1.807) is 12.1 Å². The van der Waals surface area contributed by atoms with Crippen LogP contribution >= 0.6 is 0 Å². The molecule has 0 saturated heterocycles. The van der Waals surface area contributed by atoms with Crippen molar-refractivity contribution in [2.24, 2.45) is 11.8 Å². The van der Waals surface area contributed by atoms with Gasteiger partial charge >= 0.3 is 0 Å². The van der Waals surface area contributed by atoms with Crippen LogP contribution in [0.4, 0.5) is 11.4 Å². The lowest BCUT2D eigenvalue weighted by molar-refractivity contribution is -0.384. The van der Waals surface area contributed by atoms with Gasteiger partial charge in [0.1, 0.15) is 5.69 Å². The van der Waals surface area contributed by atoms with Crippen LogP contribution in [-0.2, 0) is 0 Å². The Labute approximate surface area is 124 Å². The summed E-state index contributed by atoms with van der Waals surface area (Å²) in [6.07, 6.45) is 4.41. The van der Waals surface area contributed by atoms with Crippen LogP contribution in [-0.4, -0.2) is 11.5 Å². The first-order valence-electron chi connectivity index (χ1n) is 7.09. The summed E-state index contributed by atoms with van der Waals surface area (Å²) >= 11 is 0. The largest absolute Gasteiger partial charge is 0.379 e. The van der Waals surface area contributed by atoms with Crippen LogP contribution in [0.1, 0.15) is 32.3 Å². The van der Waals surface area contributed by atoms with Crippen LogP contribution in [0.15, 0.2) is 29.8 Å². The topological polar surface area (TPSA) is 79.0 Å². The van der Waals surface area contributed by atoms with Gasteiger partial charge in [-0.2, -0.15) is 5.26 Å². The van der Waals surface area contributed by atoms with Crippen molar-refractivity contribution in [3.8, 4) is 6.07 Å². The van der Waals surface area contributed by atoms with Crippen LogP contribution in [0.3, 0.4) is 0 Å². The molecule has 0 heterocycles. The first-order valence-corrected chi connectivity index (χ1v) is 7.09.